The minimum atomic E-state index is -0.145. The molecule has 100 valence electrons. The lowest BCUT2D eigenvalue weighted by molar-refractivity contribution is 0.0951. The highest BCUT2D eigenvalue weighted by atomic mass is 16.3. The van der Waals surface area contributed by atoms with E-state index < -0.39 is 0 Å². The zero-order chi connectivity index (χ0) is 13.5. The van der Waals surface area contributed by atoms with Gasteiger partial charge in [-0.05, 0) is 18.6 Å². The van der Waals surface area contributed by atoms with E-state index in [0.29, 0.717) is 12.1 Å². The van der Waals surface area contributed by atoms with Crippen LogP contribution < -0.4 is 10.6 Å². The van der Waals surface area contributed by atoms with Crippen molar-refractivity contribution in [3.05, 3.63) is 48.2 Å². The van der Waals surface area contributed by atoms with Gasteiger partial charge in [0.2, 0.25) is 0 Å². The second-order valence-corrected chi connectivity index (χ2v) is 4.16. The average molecular weight is 259 g/mol. The van der Waals surface area contributed by atoms with Crippen LogP contribution in [0.4, 0.5) is 5.69 Å². The number of furan rings is 1. The predicted molar refractivity (Wildman–Crippen MR) is 72.9 cm³/mol. The molecule has 0 saturated carbocycles. The number of nitrogens with zero attached hydrogens (tertiary/aromatic N) is 1. The summed E-state index contributed by atoms with van der Waals surface area (Å²) < 4.78 is 4.95. The van der Waals surface area contributed by atoms with Crippen LogP contribution in [0.15, 0.2) is 41.5 Å². The molecule has 0 aliphatic carbocycles. The Morgan fingerprint density at radius 3 is 3.05 bits per heavy atom. The van der Waals surface area contributed by atoms with Crippen molar-refractivity contribution in [2.45, 2.75) is 19.9 Å². The molecule has 2 aromatic heterocycles. The fraction of sp³-hybridized carbons (Fsp3) is 0.286. The number of hydrogen-bond acceptors (Lipinski definition) is 4. The maximum atomic E-state index is 12.1. The Labute approximate surface area is 112 Å². The third-order valence-corrected chi connectivity index (χ3v) is 2.66. The van der Waals surface area contributed by atoms with Crippen molar-refractivity contribution in [1.29, 1.82) is 0 Å². The molecule has 5 nitrogen and oxygen atoms in total. The topological polar surface area (TPSA) is 67.2 Å². The van der Waals surface area contributed by atoms with Gasteiger partial charge in [0.25, 0.3) is 5.91 Å². The largest absolute Gasteiger partial charge is 0.472 e. The van der Waals surface area contributed by atoms with Crippen LogP contribution in [0, 0.1) is 0 Å². The number of rotatable bonds is 6. The van der Waals surface area contributed by atoms with Crippen LogP contribution in [0.25, 0.3) is 0 Å². The van der Waals surface area contributed by atoms with Gasteiger partial charge in [0.15, 0.2) is 0 Å². The monoisotopic (exact) mass is 259 g/mol. The molecule has 0 spiro atoms. The molecule has 5 heteroatoms. The standard InChI is InChI=1S/C14H17N3O2/c1-2-5-16-13-3-6-15-9-12(13)14(18)17-8-11-4-7-19-10-11/h3-4,6-7,9-10H,2,5,8H2,1H3,(H,15,16)(H,17,18). The van der Waals surface area contributed by atoms with Crippen molar-refractivity contribution in [2.24, 2.45) is 0 Å². The van der Waals surface area contributed by atoms with Crippen molar-refractivity contribution in [1.82, 2.24) is 10.3 Å². The lowest BCUT2D eigenvalue weighted by Crippen LogP contribution is -2.24. The van der Waals surface area contributed by atoms with Gasteiger partial charge in [0.1, 0.15) is 0 Å². The predicted octanol–water partition coefficient (Wildman–Crippen LogP) is 2.43. The second-order valence-electron chi connectivity index (χ2n) is 4.16. The number of aromatic nitrogens is 1. The molecular formula is C14H17N3O2. The van der Waals surface area contributed by atoms with Gasteiger partial charge in [-0.3, -0.25) is 9.78 Å². The summed E-state index contributed by atoms with van der Waals surface area (Å²) in [6.45, 7) is 3.34. The maximum Gasteiger partial charge on any atom is 0.255 e. The summed E-state index contributed by atoms with van der Waals surface area (Å²) in [7, 11) is 0. The number of amides is 1. The van der Waals surface area contributed by atoms with E-state index in [1.54, 1.807) is 24.9 Å². The quantitative estimate of drug-likeness (QED) is 0.836. The van der Waals surface area contributed by atoms with Gasteiger partial charge in [0, 0.05) is 31.0 Å². The van der Waals surface area contributed by atoms with Gasteiger partial charge in [-0.2, -0.15) is 0 Å². The summed E-state index contributed by atoms with van der Waals surface area (Å²) in [5.74, 6) is -0.145. The smallest absolute Gasteiger partial charge is 0.255 e. The lowest BCUT2D eigenvalue weighted by Gasteiger charge is -2.10. The zero-order valence-electron chi connectivity index (χ0n) is 10.8. The first kappa shape index (κ1) is 13.1. The summed E-state index contributed by atoms with van der Waals surface area (Å²) >= 11 is 0. The van der Waals surface area contributed by atoms with E-state index in [9.17, 15) is 4.79 Å². The van der Waals surface area contributed by atoms with Crippen LogP contribution in [-0.4, -0.2) is 17.4 Å². The first-order valence-electron chi connectivity index (χ1n) is 6.28. The zero-order valence-corrected chi connectivity index (χ0v) is 10.8. The Bertz CT molecular complexity index is 523. The van der Waals surface area contributed by atoms with E-state index in [2.05, 4.69) is 22.5 Å². The normalized spacial score (nSPS) is 10.2. The van der Waals surface area contributed by atoms with Crippen molar-refractivity contribution in [3.63, 3.8) is 0 Å². The second kappa shape index (κ2) is 6.58. The average Bonchev–Trinajstić information content (AvgIpc) is 2.96. The van der Waals surface area contributed by atoms with Crippen LogP contribution in [-0.2, 0) is 6.54 Å². The molecule has 0 aliphatic rings. The molecule has 2 rings (SSSR count). The minimum Gasteiger partial charge on any atom is -0.472 e. The highest BCUT2D eigenvalue weighted by molar-refractivity contribution is 5.99. The summed E-state index contributed by atoms with van der Waals surface area (Å²) in [5, 5.41) is 6.06. The SMILES string of the molecule is CCCNc1ccncc1C(=O)NCc1ccoc1. The number of carbonyl (C=O) groups excluding carboxylic acids is 1. The first-order valence-corrected chi connectivity index (χ1v) is 6.28. The molecule has 0 atom stereocenters. The van der Waals surface area contributed by atoms with Gasteiger partial charge >= 0.3 is 0 Å². The van der Waals surface area contributed by atoms with Crippen LogP contribution in [0.2, 0.25) is 0 Å². The molecule has 0 bridgehead atoms. The minimum absolute atomic E-state index is 0.145. The number of anilines is 1. The summed E-state index contributed by atoms with van der Waals surface area (Å²) in [6, 6.07) is 3.63. The number of pyridine rings is 1. The first-order chi connectivity index (χ1) is 9.31. The summed E-state index contributed by atoms with van der Waals surface area (Å²) in [6.07, 6.45) is 7.44. The van der Waals surface area contributed by atoms with Gasteiger partial charge in [-0.15, -0.1) is 0 Å². The van der Waals surface area contributed by atoms with E-state index in [-0.39, 0.29) is 5.91 Å². The Morgan fingerprint density at radius 1 is 1.42 bits per heavy atom. The molecule has 19 heavy (non-hydrogen) atoms. The molecule has 0 saturated heterocycles. The highest BCUT2D eigenvalue weighted by Crippen LogP contribution is 2.13. The molecule has 0 aromatic carbocycles. The molecule has 0 fully saturated rings. The van der Waals surface area contributed by atoms with Crippen molar-refractivity contribution in [3.8, 4) is 0 Å². The van der Waals surface area contributed by atoms with Gasteiger partial charge in [-0.1, -0.05) is 6.92 Å². The fourth-order valence-electron chi connectivity index (χ4n) is 1.66. The van der Waals surface area contributed by atoms with Crippen molar-refractivity contribution >= 4 is 11.6 Å². The lowest BCUT2D eigenvalue weighted by atomic mass is 10.2. The van der Waals surface area contributed by atoms with Crippen LogP contribution in [0.1, 0.15) is 29.3 Å². The number of carbonyl (C=O) groups is 1. The van der Waals surface area contributed by atoms with E-state index in [1.807, 2.05) is 12.1 Å². The fourth-order valence-corrected chi connectivity index (χ4v) is 1.66. The molecule has 2 aromatic rings. The number of nitrogens with one attached hydrogen (secondary N) is 2. The van der Waals surface area contributed by atoms with E-state index in [1.165, 1.54) is 0 Å². The highest BCUT2D eigenvalue weighted by Gasteiger charge is 2.11. The Kier molecular flexibility index (Phi) is 4.55. The summed E-state index contributed by atoms with van der Waals surface area (Å²) in [4.78, 5) is 16.1. The van der Waals surface area contributed by atoms with E-state index >= 15 is 0 Å². The molecule has 0 aliphatic heterocycles. The van der Waals surface area contributed by atoms with Crippen molar-refractivity contribution in [2.75, 3.05) is 11.9 Å². The molecule has 2 N–H and O–H groups in total. The molecule has 2 heterocycles. The molecule has 1 amide bonds. The molecule has 0 radical (unpaired) electrons. The van der Waals surface area contributed by atoms with Gasteiger partial charge in [0.05, 0.1) is 23.8 Å². The summed E-state index contributed by atoms with van der Waals surface area (Å²) in [5.41, 5.74) is 2.29. The number of hydrogen-bond donors (Lipinski definition) is 2. The molecular weight excluding hydrogens is 242 g/mol. The Morgan fingerprint density at radius 2 is 2.32 bits per heavy atom. The van der Waals surface area contributed by atoms with Gasteiger partial charge in [-0.25, -0.2) is 0 Å². The van der Waals surface area contributed by atoms with E-state index in [4.69, 9.17) is 4.42 Å². The van der Waals surface area contributed by atoms with Gasteiger partial charge < -0.3 is 15.1 Å². The van der Waals surface area contributed by atoms with Crippen LogP contribution in [0.5, 0.6) is 0 Å². The maximum absolute atomic E-state index is 12.1. The Balaban J connectivity index is 2.01. The van der Waals surface area contributed by atoms with Crippen LogP contribution >= 0.6 is 0 Å². The van der Waals surface area contributed by atoms with Crippen molar-refractivity contribution < 1.29 is 9.21 Å². The van der Waals surface area contributed by atoms with Crippen LogP contribution in [0.3, 0.4) is 0 Å². The Hall–Kier alpha value is -2.30. The third-order valence-electron chi connectivity index (χ3n) is 2.66. The third kappa shape index (κ3) is 3.58. The molecule has 0 unspecified atom stereocenters. The van der Waals surface area contributed by atoms with E-state index in [0.717, 1.165) is 24.2 Å².